The van der Waals surface area contributed by atoms with Crippen molar-refractivity contribution in [3.05, 3.63) is 132 Å². The number of benzene rings is 3. The van der Waals surface area contributed by atoms with Gasteiger partial charge in [-0.2, -0.15) is 0 Å². The average Bonchev–Trinajstić information content (AvgIpc) is 3.35. The quantitative estimate of drug-likeness (QED) is 0.257. The van der Waals surface area contributed by atoms with Gasteiger partial charge in [0.1, 0.15) is 17.5 Å². The van der Waals surface area contributed by atoms with Crippen LogP contribution >= 0.6 is 0 Å². The zero-order valence-corrected chi connectivity index (χ0v) is 24.9. The van der Waals surface area contributed by atoms with E-state index in [9.17, 15) is 24.3 Å². The predicted molar refractivity (Wildman–Crippen MR) is 167 cm³/mol. The number of aliphatic carboxylic acids is 1. The van der Waals surface area contributed by atoms with Gasteiger partial charge in [-0.1, -0.05) is 109 Å². The Morgan fingerprint density at radius 2 is 1.44 bits per heavy atom. The monoisotopic (exact) mass is 606 g/mol. The fraction of sp³-hybridized carbons (Fsp3) is 0.222. The Morgan fingerprint density at radius 1 is 0.844 bits per heavy atom. The molecule has 0 saturated heterocycles. The summed E-state index contributed by atoms with van der Waals surface area (Å²) in [4.78, 5) is 51.6. The number of fused-ring (bicyclic) bond motifs is 1. The highest BCUT2D eigenvalue weighted by molar-refractivity contribution is 5.90. The van der Waals surface area contributed by atoms with Crippen molar-refractivity contribution in [1.29, 1.82) is 0 Å². The van der Waals surface area contributed by atoms with Gasteiger partial charge in [-0.25, -0.2) is 9.59 Å². The van der Waals surface area contributed by atoms with Crippen molar-refractivity contribution in [1.82, 2.24) is 10.6 Å². The lowest BCUT2D eigenvalue weighted by molar-refractivity contribution is -0.153. The maximum absolute atomic E-state index is 13.8. The molecule has 2 aliphatic rings. The van der Waals surface area contributed by atoms with Gasteiger partial charge >= 0.3 is 17.9 Å². The Labute approximate surface area is 261 Å². The molecule has 1 aliphatic heterocycles. The number of ether oxygens (including phenoxy) is 2. The number of allylic oxidation sites excluding steroid dienone is 3. The van der Waals surface area contributed by atoms with Crippen molar-refractivity contribution in [2.24, 2.45) is 5.92 Å². The largest absolute Gasteiger partial charge is 0.480 e. The molecular formula is C36H34N2O7. The molecule has 1 heterocycles. The van der Waals surface area contributed by atoms with Crippen molar-refractivity contribution in [3.63, 3.8) is 0 Å². The first-order chi connectivity index (χ1) is 21.6. The van der Waals surface area contributed by atoms with Crippen LogP contribution in [0.4, 0.5) is 0 Å². The maximum atomic E-state index is 13.8. The molecule has 0 bridgehead atoms. The number of cyclic esters (lactones) is 1. The van der Waals surface area contributed by atoms with Crippen LogP contribution < -0.4 is 10.6 Å². The average molecular weight is 607 g/mol. The lowest BCUT2D eigenvalue weighted by Crippen LogP contribution is -2.58. The summed E-state index contributed by atoms with van der Waals surface area (Å²) in [6, 6.07) is 24.6. The molecule has 3 atom stereocenters. The zero-order valence-electron chi connectivity index (χ0n) is 24.9. The Bertz CT molecular complexity index is 1660. The lowest BCUT2D eigenvalue weighted by Gasteiger charge is -2.28. The lowest BCUT2D eigenvalue weighted by atomic mass is 9.97. The van der Waals surface area contributed by atoms with E-state index in [0.29, 0.717) is 5.57 Å². The molecule has 1 aliphatic carbocycles. The Kier molecular flexibility index (Phi) is 9.39. The van der Waals surface area contributed by atoms with Gasteiger partial charge < -0.3 is 19.9 Å². The Hall–Kier alpha value is -5.28. The normalized spacial score (nSPS) is 16.8. The number of amides is 1. The van der Waals surface area contributed by atoms with E-state index in [1.54, 1.807) is 24.3 Å². The summed E-state index contributed by atoms with van der Waals surface area (Å²) in [5, 5.41) is 15.4. The van der Waals surface area contributed by atoms with Crippen LogP contribution in [0, 0.1) is 5.92 Å². The van der Waals surface area contributed by atoms with E-state index in [-0.39, 0.29) is 18.8 Å². The van der Waals surface area contributed by atoms with Crippen LogP contribution in [0.15, 0.2) is 121 Å². The summed E-state index contributed by atoms with van der Waals surface area (Å²) in [5.41, 5.74) is 2.50. The maximum Gasteiger partial charge on any atom is 0.331 e. The van der Waals surface area contributed by atoms with Gasteiger partial charge in [0.25, 0.3) is 5.95 Å². The first-order valence-electron chi connectivity index (χ1n) is 14.6. The van der Waals surface area contributed by atoms with Crippen LogP contribution in [0.2, 0.25) is 0 Å². The zero-order chi connectivity index (χ0) is 32.0. The molecule has 9 heteroatoms. The fourth-order valence-electron chi connectivity index (χ4n) is 5.08. The second kappa shape index (κ2) is 13.6. The first-order valence-corrected chi connectivity index (χ1v) is 14.6. The molecule has 9 nitrogen and oxygen atoms in total. The van der Waals surface area contributed by atoms with Crippen molar-refractivity contribution in [3.8, 4) is 11.1 Å². The van der Waals surface area contributed by atoms with Crippen molar-refractivity contribution < 1.29 is 33.8 Å². The van der Waals surface area contributed by atoms with E-state index in [1.807, 2.05) is 84.9 Å². The number of nitrogens with one attached hydrogen (secondary N) is 2. The van der Waals surface area contributed by atoms with Crippen LogP contribution in [0.1, 0.15) is 25.0 Å². The second-order valence-corrected chi connectivity index (χ2v) is 11.5. The number of carbonyl (C=O) groups is 4. The number of hydrogen-bond acceptors (Lipinski definition) is 7. The van der Waals surface area contributed by atoms with Crippen molar-refractivity contribution >= 4 is 23.8 Å². The highest BCUT2D eigenvalue weighted by Crippen LogP contribution is 2.32. The number of carbonyl (C=O) groups excluding carboxylic acids is 3. The third kappa shape index (κ3) is 7.63. The molecular weight excluding hydrogens is 572 g/mol. The molecule has 0 aromatic heterocycles. The van der Waals surface area contributed by atoms with E-state index >= 15 is 0 Å². The van der Waals surface area contributed by atoms with E-state index < -0.39 is 47.4 Å². The van der Waals surface area contributed by atoms with E-state index in [1.165, 1.54) is 13.8 Å². The third-order valence-electron chi connectivity index (χ3n) is 7.66. The van der Waals surface area contributed by atoms with Gasteiger partial charge in [-0.3, -0.25) is 14.9 Å². The van der Waals surface area contributed by atoms with Gasteiger partial charge in [-0.15, -0.1) is 0 Å². The fourth-order valence-corrected chi connectivity index (χ4v) is 5.08. The Morgan fingerprint density at radius 3 is 2.11 bits per heavy atom. The summed E-state index contributed by atoms with van der Waals surface area (Å²) in [6.45, 7) is 2.77. The topological polar surface area (TPSA) is 131 Å². The summed E-state index contributed by atoms with van der Waals surface area (Å²) in [7, 11) is 0. The van der Waals surface area contributed by atoms with E-state index in [0.717, 1.165) is 22.3 Å². The SMILES string of the molecule is CC(C)(NC(=O)[C@H](Cc1ccccc1)NC(Cc1ccc(-c2ccccc2)cc1)C(=O)OC1=C2C=CC=CC2C(=O)O1)C(=O)O. The van der Waals surface area contributed by atoms with Crippen LogP contribution in [-0.4, -0.2) is 46.5 Å². The predicted octanol–water partition coefficient (Wildman–Crippen LogP) is 4.50. The number of rotatable bonds is 12. The van der Waals surface area contributed by atoms with Gasteiger partial charge in [0, 0.05) is 0 Å². The van der Waals surface area contributed by atoms with Crippen LogP contribution in [0.3, 0.4) is 0 Å². The van der Waals surface area contributed by atoms with Crippen LogP contribution in [0.5, 0.6) is 0 Å². The highest BCUT2D eigenvalue weighted by Gasteiger charge is 2.38. The minimum Gasteiger partial charge on any atom is -0.480 e. The number of carboxylic acids is 1. The van der Waals surface area contributed by atoms with Gasteiger partial charge in [0.15, 0.2) is 0 Å². The molecule has 230 valence electrons. The summed E-state index contributed by atoms with van der Waals surface area (Å²) in [5.74, 6) is -3.97. The van der Waals surface area contributed by atoms with Gasteiger partial charge in [0.2, 0.25) is 5.91 Å². The molecule has 0 fully saturated rings. The Balaban J connectivity index is 1.44. The molecule has 3 aromatic carbocycles. The summed E-state index contributed by atoms with van der Waals surface area (Å²) >= 11 is 0. The third-order valence-corrected chi connectivity index (χ3v) is 7.66. The summed E-state index contributed by atoms with van der Waals surface area (Å²) in [6.07, 6.45) is 7.04. The number of hydrogen-bond donors (Lipinski definition) is 3. The molecule has 2 unspecified atom stereocenters. The number of esters is 2. The molecule has 0 spiro atoms. The number of carboxylic acid groups (broad SMARTS) is 1. The molecule has 3 aromatic rings. The minimum absolute atomic E-state index is 0.129. The molecule has 45 heavy (non-hydrogen) atoms. The van der Waals surface area contributed by atoms with Crippen molar-refractivity contribution in [2.45, 2.75) is 44.3 Å². The second-order valence-electron chi connectivity index (χ2n) is 11.5. The van der Waals surface area contributed by atoms with Crippen LogP contribution in [0.25, 0.3) is 11.1 Å². The van der Waals surface area contributed by atoms with E-state index in [2.05, 4.69) is 10.6 Å². The van der Waals surface area contributed by atoms with Crippen LogP contribution in [-0.2, 0) is 41.5 Å². The molecule has 0 saturated carbocycles. The smallest absolute Gasteiger partial charge is 0.331 e. The minimum atomic E-state index is -1.56. The van der Waals surface area contributed by atoms with Gasteiger partial charge in [-0.05, 0) is 48.9 Å². The van der Waals surface area contributed by atoms with Gasteiger partial charge in [0.05, 0.1) is 11.6 Å². The summed E-state index contributed by atoms with van der Waals surface area (Å²) < 4.78 is 11.0. The molecule has 1 amide bonds. The molecule has 0 radical (unpaired) electrons. The first kappa shape index (κ1) is 31.2. The molecule has 5 rings (SSSR count). The molecule has 3 N–H and O–H groups in total. The standard InChI is InChI=1S/C36H34N2O7/c1-36(2,35(42)43)38-31(39)29(21-23-11-5-3-6-12-23)37-30(22-24-17-19-26(20-18-24)25-13-7-4-8-14-25)33(41)45-34-28-16-10-9-15-27(28)32(40)44-34/h3-20,27,29-30,37H,21-22H2,1-2H3,(H,38,39)(H,42,43)/t27?,29-,30?/m0/s1. The highest BCUT2D eigenvalue weighted by atomic mass is 16.7. The van der Waals surface area contributed by atoms with Crippen molar-refractivity contribution in [2.75, 3.05) is 0 Å². The van der Waals surface area contributed by atoms with E-state index in [4.69, 9.17) is 9.47 Å².